The Morgan fingerprint density at radius 1 is 1.00 bits per heavy atom. The smallest absolute Gasteiger partial charge is 0.299 e. The third-order valence-electron chi connectivity index (χ3n) is 6.30. The van der Waals surface area contributed by atoms with Gasteiger partial charge in [-0.15, -0.1) is 0 Å². The molecule has 0 unspecified atom stereocenters. The molecule has 0 aliphatic carbocycles. The number of halogens is 2. The van der Waals surface area contributed by atoms with Crippen LogP contribution < -0.4 is 11.2 Å². The lowest BCUT2D eigenvalue weighted by atomic mass is 9.90. The summed E-state index contributed by atoms with van der Waals surface area (Å²) in [7, 11) is 1.75. The molecule has 168 valence electrons. The first-order chi connectivity index (χ1) is 15.4. The molecule has 0 spiro atoms. The van der Waals surface area contributed by atoms with Gasteiger partial charge in [0.25, 0.3) is 5.56 Å². The van der Waals surface area contributed by atoms with Crippen molar-refractivity contribution in [2.45, 2.75) is 32.4 Å². The molecule has 2 aromatic carbocycles. The quantitative estimate of drug-likeness (QED) is 0.486. The summed E-state index contributed by atoms with van der Waals surface area (Å²) in [5, 5.41) is 0.767. The van der Waals surface area contributed by atoms with Gasteiger partial charge in [0.15, 0.2) is 0 Å². The summed E-state index contributed by atoms with van der Waals surface area (Å²) in [6.45, 7) is 2.80. The van der Waals surface area contributed by atoms with Crippen molar-refractivity contribution < 1.29 is 0 Å². The zero-order chi connectivity index (χ0) is 22.7. The fourth-order valence-corrected chi connectivity index (χ4v) is 4.97. The lowest BCUT2D eigenvalue weighted by Crippen LogP contribution is -2.42. The maximum Gasteiger partial charge on any atom is 0.331 e. The van der Waals surface area contributed by atoms with Gasteiger partial charge in [-0.3, -0.25) is 18.8 Å². The summed E-state index contributed by atoms with van der Waals surface area (Å²) in [5.74, 6) is 0.601. The fraction of sp³-hybridized carbons (Fsp3) is 0.360. The van der Waals surface area contributed by atoms with E-state index < -0.39 is 0 Å². The molecule has 1 aliphatic rings. The van der Waals surface area contributed by atoms with E-state index in [-0.39, 0.29) is 17.8 Å². The summed E-state index contributed by atoms with van der Waals surface area (Å²) in [6.07, 6.45) is 3.17. The molecule has 32 heavy (non-hydrogen) atoms. The Morgan fingerprint density at radius 3 is 2.44 bits per heavy atom. The van der Waals surface area contributed by atoms with Crippen molar-refractivity contribution in [3.05, 3.63) is 102 Å². The molecule has 0 radical (unpaired) electrons. The van der Waals surface area contributed by atoms with Crippen LogP contribution in [0.2, 0.25) is 5.02 Å². The van der Waals surface area contributed by atoms with Gasteiger partial charge in [0.05, 0.1) is 6.54 Å². The lowest BCUT2D eigenvalue weighted by molar-refractivity contribution is 0.173. The van der Waals surface area contributed by atoms with Gasteiger partial charge in [-0.1, -0.05) is 57.9 Å². The maximum absolute atomic E-state index is 12.9. The molecule has 1 aliphatic heterocycles. The van der Waals surface area contributed by atoms with Crippen LogP contribution in [0, 0.1) is 5.92 Å². The van der Waals surface area contributed by atoms with Crippen molar-refractivity contribution in [1.29, 1.82) is 0 Å². The van der Waals surface area contributed by atoms with Crippen molar-refractivity contribution in [3.63, 3.8) is 0 Å². The lowest BCUT2D eigenvalue weighted by Gasteiger charge is -2.32. The van der Waals surface area contributed by atoms with Gasteiger partial charge in [-0.25, -0.2) is 4.79 Å². The summed E-state index contributed by atoms with van der Waals surface area (Å²) < 4.78 is 4.02. The highest BCUT2D eigenvalue weighted by atomic mass is 79.9. The number of rotatable bonds is 6. The monoisotopic (exact) mass is 515 g/mol. The summed E-state index contributed by atoms with van der Waals surface area (Å²) in [5.41, 5.74) is 2.44. The van der Waals surface area contributed by atoms with Crippen LogP contribution >= 0.6 is 27.5 Å². The average Bonchev–Trinajstić information content (AvgIpc) is 2.79. The molecule has 0 bridgehead atoms. The van der Waals surface area contributed by atoms with Crippen LogP contribution in [-0.4, -0.2) is 27.1 Å². The molecule has 0 atom stereocenters. The normalized spacial score (nSPS) is 15.2. The first-order valence-corrected chi connectivity index (χ1v) is 12.1. The summed E-state index contributed by atoms with van der Waals surface area (Å²) >= 11 is 9.79. The third kappa shape index (κ3) is 5.42. The van der Waals surface area contributed by atoms with Gasteiger partial charge in [-0.2, -0.15) is 0 Å². The van der Waals surface area contributed by atoms with E-state index in [9.17, 15) is 9.59 Å². The molecule has 1 fully saturated rings. The number of benzene rings is 2. The standard InChI is InChI=1S/C25H27BrClN3O2/c1-28-22(15-24(31)30(25(28)32)16-19-5-3-2-4-6-19)17-29-11-9-18(10-12-29)13-20-14-21(27)7-8-23(20)26/h2-8,14-15,18H,9-13,16-17H2,1H3. The Kier molecular flexibility index (Phi) is 7.33. The van der Waals surface area contributed by atoms with E-state index in [0.717, 1.165) is 53.1 Å². The average molecular weight is 517 g/mol. The van der Waals surface area contributed by atoms with Crippen LogP contribution in [0.25, 0.3) is 0 Å². The first-order valence-electron chi connectivity index (χ1n) is 10.9. The predicted octanol–water partition coefficient (Wildman–Crippen LogP) is 4.47. The second-order valence-corrected chi connectivity index (χ2v) is 9.84. The number of nitrogens with zero attached hydrogens (tertiary/aromatic N) is 3. The molecule has 0 saturated carbocycles. The molecule has 1 saturated heterocycles. The van der Waals surface area contributed by atoms with E-state index in [1.54, 1.807) is 17.7 Å². The Morgan fingerprint density at radius 2 is 1.72 bits per heavy atom. The van der Waals surface area contributed by atoms with Crippen molar-refractivity contribution >= 4 is 27.5 Å². The van der Waals surface area contributed by atoms with Crippen molar-refractivity contribution in [1.82, 2.24) is 14.0 Å². The van der Waals surface area contributed by atoms with Gasteiger partial charge in [0, 0.05) is 34.8 Å². The minimum atomic E-state index is -0.267. The molecule has 4 rings (SSSR count). The molecule has 1 aromatic heterocycles. The third-order valence-corrected chi connectivity index (χ3v) is 7.31. The second-order valence-electron chi connectivity index (χ2n) is 8.55. The number of aromatic nitrogens is 2. The van der Waals surface area contributed by atoms with E-state index >= 15 is 0 Å². The zero-order valence-electron chi connectivity index (χ0n) is 18.1. The van der Waals surface area contributed by atoms with Gasteiger partial charge in [0.1, 0.15) is 0 Å². The van der Waals surface area contributed by atoms with E-state index in [1.165, 1.54) is 10.1 Å². The Bertz CT molecular complexity index is 1200. The van der Waals surface area contributed by atoms with Crippen LogP contribution in [-0.2, 0) is 26.6 Å². The summed E-state index contributed by atoms with van der Waals surface area (Å²) in [4.78, 5) is 27.9. The highest BCUT2D eigenvalue weighted by molar-refractivity contribution is 9.10. The minimum Gasteiger partial charge on any atom is -0.299 e. The number of hydrogen-bond acceptors (Lipinski definition) is 3. The maximum atomic E-state index is 12.9. The summed E-state index contributed by atoms with van der Waals surface area (Å²) in [6, 6.07) is 17.1. The molecule has 5 nitrogen and oxygen atoms in total. The van der Waals surface area contributed by atoms with Crippen LogP contribution in [0.4, 0.5) is 0 Å². The topological polar surface area (TPSA) is 47.2 Å². The van der Waals surface area contributed by atoms with E-state index in [0.29, 0.717) is 12.5 Å². The Balaban J connectivity index is 1.40. The molecular weight excluding hydrogens is 490 g/mol. The highest BCUT2D eigenvalue weighted by Gasteiger charge is 2.21. The van der Waals surface area contributed by atoms with Crippen LogP contribution in [0.15, 0.2) is 68.7 Å². The van der Waals surface area contributed by atoms with Crippen molar-refractivity contribution in [2.24, 2.45) is 13.0 Å². The van der Waals surface area contributed by atoms with Gasteiger partial charge < -0.3 is 0 Å². The Labute approximate surface area is 201 Å². The fourth-order valence-electron chi connectivity index (χ4n) is 4.37. The largest absolute Gasteiger partial charge is 0.331 e. The van der Waals surface area contributed by atoms with E-state index in [2.05, 4.69) is 20.8 Å². The van der Waals surface area contributed by atoms with Crippen LogP contribution in [0.3, 0.4) is 0 Å². The molecule has 0 amide bonds. The SMILES string of the molecule is Cn1c(CN2CCC(Cc3cc(Cl)ccc3Br)CC2)cc(=O)n(Cc2ccccc2)c1=O. The predicted molar refractivity (Wildman–Crippen MR) is 132 cm³/mol. The minimum absolute atomic E-state index is 0.243. The van der Waals surface area contributed by atoms with Gasteiger partial charge in [0.2, 0.25) is 0 Å². The van der Waals surface area contributed by atoms with E-state index in [4.69, 9.17) is 11.6 Å². The van der Waals surface area contributed by atoms with Crippen LogP contribution in [0.1, 0.15) is 29.7 Å². The zero-order valence-corrected chi connectivity index (χ0v) is 20.5. The second kappa shape index (κ2) is 10.2. The van der Waals surface area contributed by atoms with Crippen molar-refractivity contribution in [3.8, 4) is 0 Å². The molecule has 2 heterocycles. The number of likely N-dealkylation sites (tertiary alicyclic amines) is 1. The van der Waals surface area contributed by atoms with Crippen LogP contribution in [0.5, 0.6) is 0 Å². The molecule has 7 heteroatoms. The number of hydrogen-bond donors (Lipinski definition) is 0. The Hall–Kier alpha value is -2.15. The molecule has 3 aromatic rings. The van der Waals surface area contributed by atoms with Crippen molar-refractivity contribution in [2.75, 3.05) is 13.1 Å². The number of piperidine rings is 1. The van der Waals surface area contributed by atoms with E-state index in [1.807, 2.05) is 48.5 Å². The first kappa shape index (κ1) is 23.0. The van der Waals surface area contributed by atoms with Gasteiger partial charge in [-0.05, 0) is 67.6 Å². The molecule has 0 N–H and O–H groups in total. The van der Waals surface area contributed by atoms with Gasteiger partial charge >= 0.3 is 5.69 Å². The highest BCUT2D eigenvalue weighted by Crippen LogP contribution is 2.28. The molecular formula is C25H27BrClN3O2.